The highest BCUT2D eigenvalue weighted by Crippen LogP contribution is 2.24. The fourth-order valence-corrected chi connectivity index (χ4v) is 4.74. The Bertz CT molecular complexity index is 1090. The summed E-state index contributed by atoms with van der Waals surface area (Å²) in [5, 5.41) is 11.1. The first-order valence-electron chi connectivity index (χ1n) is 8.72. The summed E-state index contributed by atoms with van der Waals surface area (Å²) >= 11 is 0. The van der Waals surface area contributed by atoms with E-state index in [2.05, 4.69) is 15.5 Å². The van der Waals surface area contributed by atoms with E-state index < -0.39 is 10.0 Å². The number of hydrogen-bond donors (Lipinski definition) is 1. The predicted molar refractivity (Wildman–Crippen MR) is 101 cm³/mol. The molecule has 4 rings (SSSR count). The van der Waals surface area contributed by atoms with Crippen molar-refractivity contribution >= 4 is 27.3 Å². The first-order chi connectivity index (χ1) is 13.0. The number of nitrogens with one attached hydrogen (secondary N) is 1. The van der Waals surface area contributed by atoms with Gasteiger partial charge in [0.2, 0.25) is 10.0 Å². The molecule has 1 aliphatic heterocycles. The Morgan fingerprint density at radius 3 is 2.85 bits per heavy atom. The number of fused-ring (bicyclic) bond motifs is 1. The van der Waals surface area contributed by atoms with Crippen molar-refractivity contribution < 1.29 is 13.2 Å². The monoisotopic (exact) mass is 385 g/mol. The van der Waals surface area contributed by atoms with E-state index >= 15 is 0 Å². The quantitative estimate of drug-likeness (QED) is 0.713. The molecule has 0 spiro atoms. The summed E-state index contributed by atoms with van der Waals surface area (Å²) < 4.78 is 27.4. The van der Waals surface area contributed by atoms with Crippen LogP contribution in [-0.2, 0) is 16.4 Å². The number of carbonyl (C=O) groups is 1. The van der Waals surface area contributed by atoms with E-state index in [1.54, 1.807) is 24.3 Å². The van der Waals surface area contributed by atoms with E-state index in [1.807, 2.05) is 28.8 Å². The molecule has 3 heterocycles. The van der Waals surface area contributed by atoms with Crippen molar-refractivity contribution in [3.8, 4) is 0 Å². The van der Waals surface area contributed by atoms with Gasteiger partial charge < -0.3 is 5.32 Å². The lowest BCUT2D eigenvalue weighted by atomic mass is 10.2. The Hall–Kier alpha value is -2.94. The standard InChI is InChI=1S/C18H19N5O3S/c24-18(19-9-8-17-21-20-16-7-1-2-10-22(16)17)14-5-3-6-15(13-14)23-11-4-12-27(23,25)26/h1-3,5-7,10,13H,4,8-9,11-12H2,(H,19,24). The van der Waals surface area contributed by atoms with Crippen molar-refractivity contribution in [3.63, 3.8) is 0 Å². The zero-order chi connectivity index (χ0) is 18.9. The van der Waals surface area contributed by atoms with Crippen molar-refractivity contribution in [1.82, 2.24) is 19.9 Å². The highest BCUT2D eigenvalue weighted by Gasteiger charge is 2.28. The third kappa shape index (κ3) is 3.50. The SMILES string of the molecule is O=C(NCCc1nnc2ccccn12)c1cccc(N2CCCS2(=O)=O)c1. The molecular formula is C18H19N5O3S. The van der Waals surface area contributed by atoms with Crippen LogP contribution in [0.3, 0.4) is 0 Å². The van der Waals surface area contributed by atoms with Gasteiger partial charge in [-0.25, -0.2) is 8.42 Å². The largest absolute Gasteiger partial charge is 0.352 e. The van der Waals surface area contributed by atoms with Gasteiger partial charge in [-0.2, -0.15) is 0 Å². The van der Waals surface area contributed by atoms with E-state index in [9.17, 15) is 13.2 Å². The molecule has 27 heavy (non-hydrogen) atoms. The van der Waals surface area contributed by atoms with Crippen molar-refractivity contribution in [2.45, 2.75) is 12.8 Å². The van der Waals surface area contributed by atoms with E-state index in [1.165, 1.54) is 4.31 Å². The fraction of sp³-hybridized carbons (Fsp3) is 0.278. The Kier molecular flexibility index (Phi) is 4.53. The molecule has 1 N–H and O–H groups in total. The summed E-state index contributed by atoms with van der Waals surface area (Å²) in [5.41, 5.74) is 1.72. The first kappa shape index (κ1) is 17.5. The van der Waals surface area contributed by atoms with E-state index in [4.69, 9.17) is 0 Å². The molecule has 1 amide bonds. The maximum atomic E-state index is 12.4. The summed E-state index contributed by atoms with van der Waals surface area (Å²) in [7, 11) is -3.27. The van der Waals surface area contributed by atoms with Crippen molar-refractivity contribution in [2.75, 3.05) is 23.1 Å². The number of rotatable bonds is 5. The molecule has 0 saturated carbocycles. The van der Waals surface area contributed by atoms with Crippen molar-refractivity contribution in [2.24, 2.45) is 0 Å². The summed E-state index contributed by atoms with van der Waals surface area (Å²) in [4.78, 5) is 12.4. The number of anilines is 1. The highest BCUT2D eigenvalue weighted by molar-refractivity contribution is 7.93. The molecule has 1 aromatic carbocycles. The van der Waals surface area contributed by atoms with Crippen LogP contribution in [0, 0.1) is 0 Å². The lowest BCUT2D eigenvalue weighted by Gasteiger charge is -2.17. The van der Waals surface area contributed by atoms with Gasteiger partial charge in [-0.1, -0.05) is 12.1 Å². The molecule has 8 nitrogen and oxygen atoms in total. The average molecular weight is 385 g/mol. The Morgan fingerprint density at radius 2 is 2.04 bits per heavy atom. The van der Waals surface area contributed by atoms with Crippen LogP contribution in [-0.4, -0.2) is 47.8 Å². The minimum absolute atomic E-state index is 0.149. The van der Waals surface area contributed by atoms with Gasteiger partial charge in [0.15, 0.2) is 5.65 Å². The van der Waals surface area contributed by atoms with Crippen LogP contribution in [0.5, 0.6) is 0 Å². The van der Waals surface area contributed by atoms with Crippen LogP contribution in [0.15, 0.2) is 48.7 Å². The highest BCUT2D eigenvalue weighted by atomic mass is 32.2. The second kappa shape index (κ2) is 6.99. The van der Waals surface area contributed by atoms with Crippen molar-refractivity contribution in [1.29, 1.82) is 0 Å². The first-order valence-corrected chi connectivity index (χ1v) is 10.3. The zero-order valence-corrected chi connectivity index (χ0v) is 15.4. The Morgan fingerprint density at radius 1 is 1.15 bits per heavy atom. The van der Waals surface area contributed by atoms with Gasteiger partial charge in [-0.15, -0.1) is 10.2 Å². The average Bonchev–Trinajstić information content (AvgIpc) is 3.24. The van der Waals surface area contributed by atoms with Gasteiger partial charge in [0.25, 0.3) is 5.91 Å². The Labute approximate surface area is 156 Å². The molecular weight excluding hydrogens is 366 g/mol. The second-order valence-corrected chi connectivity index (χ2v) is 8.36. The van der Waals surface area contributed by atoms with Gasteiger partial charge in [0.05, 0.1) is 11.4 Å². The fourth-order valence-electron chi connectivity index (χ4n) is 3.18. The summed E-state index contributed by atoms with van der Waals surface area (Å²) in [6.45, 7) is 0.855. The molecule has 1 fully saturated rings. The normalized spacial score (nSPS) is 15.9. The number of hydrogen-bond acceptors (Lipinski definition) is 5. The summed E-state index contributed by atoms with van der Waals surface area (Å²) in [6, 6.07) is 12.4. The Balaban J connectivity index is 1.42. The number of sulfonamides is 1. The van der Waals surface area contributed by atoms with E-state index in [-0.39, 0.29) is 11.7 Å². The van der Waals surface area contributed by atoms with Crippen LogP contribution in [0.2, 0.25) is 0 Å². The van der Waals surface area contributed by atoms with Gasteiger partial charge in [0.1, 0.15) is 5.82 Å². The molecule has 1 saturated heterocycles. The minimum atomic E-state index is -3.27. The smallest absolute Gasteiger partial charge is 0.251 e. The number of nitrogens with zero attached hydrogens (tertiary/aromatic N) is 4. The molecule has 140 valence electrons. The van der Waals surface area contributed by atoms with Gasteiger partial charge in [-0.05, 0) is 36.8 Å². The van der Waals surface area contributed by atoms with Crippen LogP contribution < -0.4 is 9.62 Å². The maximum Gasteiger partial charge on any atom is 0.251 e. The van der Waals surface area contributed by atoms with Crippen LogP contribution in [0.1, 0.15) is 22.6 Å². The predicted octanol–water partition coefficient (Wildman–Crippen LogP) is 1.24. The molecule has 0 atom stereocenters. The number of carbonyl (C=O) groups excluding carboxylic acids is 1. The zero-order valence-electron chi connectivity index (χ0n) is 14.6. The summed E-state index contributed by atoms with van der Waals surface area (Å²) in [5.74, 6) is 0.667. The lowest BCUT2D eigenvalue weighted by Crippen LogP contribution is -2.28. The summed E-state index contributed by atoms with van der Waals surface area (Å²) in [6.07, 6.45) is 3.02. The molecule has 0 radical (unpaired) electrons. The van der Waals surface area contributed by atoms with Gasteiger partial charge in [0, 0.05) is 31.3 Å². The van der Waals surface area contributed by atoms with Gasteiger partial charge in [-0.3, -0.25) is 13.5 Å². The lowest BCUT2D eigenvalue weighted by molar-refractivity contribution is 0.0954. The van der Waals surface area contributed by atoms with E-state index in [0.717, 1.165) is 11.5 Å². The maximum absolute atomic E-state index is 12.4. The van der Waals surface area contributed by atoms with Gasteiger partial charge >= 0.3 is 0 Å². The molecule has 3 aromatic rings. The van der Waals surface area contributed by atoms with Crippen LogP contribution in [0.25, 0.3) is 5.65 Å². The topological polar surface area (TPSA) is 96.7 Å². The van der Waals surface area contributed by atoms with E-state index in [0.29, 0.717) is 37.2 Å². The molecule has 0 aliphatic carbocycles. The minimum Gasteiger partial charge on any atom is -0.352 e. The molecule has 9 heteroatoms. The van der Waals surface area contributed by atoms with Crippen molar-refractivity contribution in [3.05, 3.63) is 60.0 Å². The molecule has 0 bridgehead atoms. The van der Waals surface area contributed by atoms with Crippen LogP contribution in [0.4, 0.5) is 5.69 Å². The number of pyridine rings is 1. The molecule has 2 aromatic heterocycles. The number of amides is 1. The molecule has 1 aliphatic rings. The number of benzene rings is 1. The third-order valence-electron chi connectivity index (χ3n) is 4.51. The number of aromatic nitrogens is 3. The second-order valence-electron chi connectivity index (χ2n) is 6.34. The third-order valence-corrected chi connectivity index (χ3v) is 6.38. The van der Waals surface area contributed by atoms with Crippen LogP contribution >= 0.6 is 0 Å². The molecule has 0 unspecified atom stereocenters.